The summed E-state index contributed by atoms with van der Waals surface area (Å²) in [4.78, 5) is 18.4. The third-order valence-electron chi connectivity index (χ3n) is 2.30. The second-order valence-corrected chi connectivity index (χ2v) is 3.83. The van der Waals surface area contributed by atoms with Crippen molar-refractivity contribution in [2.45, 2.75) is 12.8 Å². The number of hydrogen-bond acceptors (Lipinski definition) is 5. The number of aliphatic carboxylic acids is 1. The summed E-state index contributed by atoms with van der Waals surface area (Å²) in [6, 6.07) is 6.36. The quantitative estimate of drug-likeness (QED) is 0.854. The lowest BCUT2D eigenvalue weighted by Crippen LogP contribution is -2.01. The number of carbonyl (C=O) groups is 1. The fourth-order valence-corrected chi connectivity index (χ4v) is 1.43. The SMILES string of the molecule is O=C(O)CCc1ncc(Oc2cccc(O)c2)cn1. The third-order valence-corrected chi connectivity index (χ3v) is 2.30. The molecule has 0 atom stereocenters. The predicted molar refractivity (Wildman–Crippen MR) is 66.2 cm³/mol. The molecule has 6 nitrogen and oxygen atoms in total. The zero-order valence-electron chi connectivity index (χ0n) is 9.98. The Hall–Kier alpha value is -2.63. The van der Waals surface area contributed by atoms with Crippen LogP contribution in [-0.4, -0.2) is 26.2 Å². The largest absolute Gasteiger partial charge is 0.508 e. The van der Waals surface area contributed by atoms with Crippen LogP contribution < -0.4 is 4.74 Å². The summed E-state index contributed by atoms with van der Waals surface area (Å²) in [5.41, 5.74) is 0. The molecule has 0 aliphatic rings. The number of nitrogens with zero attached hydrogens (tertiary/aromatic N) is 2. The Labute approximate surface area is 109 Å². The van der Waals surface area contributed by atoms with Gasteiger partial charge in [0.1, 0.15) is 17.3 Å². The van der Waals surface area contributed by atoms with Crippen LogP contribution >= 0.6 is 0 Å². The highest BCUT2D eigenvalue weighted by atomic mass is 16.5. The lowest BCUT2D eigenvalue weighted by atomic mass is 10.3. The van der Waals surface area contributed by atoms with Crippen LogP contribution in [0.1, 0.15) is 12.2 Å². The zero-order valence-corrected chi connectivity index (χ0v) is 9.98. The van der Waals surface area contributed by atoms with E-state index in [9.17, 15) is 9.90 Å². The number of hydrogen-bond donors (Lipinski definition) is 2. The highest BCUT2D eigenvalue weighted by Crippen LogP contribution is 2.23. The van der Waals surface area contributed by atoms with Crippen LogP contribution in [0, 0.1) is 0 Å². The molecule has 19 heavy (non-hydrogen) atoms. The highest BCUT2D eigenvalue weighted by molar-refractivity contribution is 5.66. The second-order valence-electron chi connectivity index (χ2n) is 3.83. The number of phenolic OH excluding ortho intramolecular Hbond substituents is 1. The van der Waals surface area contributed by atoms with Crippen molar-refractivity contribution in [3.05, 3.63) is 42.5 Å². The minimum absolute atomic E-state index is 0.00718. The molecule has 0 aliphatic carbocycles. The highest BCUT2D eigenvalue weighted by Gasteiger charge is 2.03. The number of rotatable bonds is 5. The zero-order chi connectivity index (χ0) is 13.7. The minimum atomic E-state index is -0.885. The van der Waals surface area contributed by atoms with Crippen LogP contribution in [-0.2, 0) is 11.2 Å². The summed E-state index contributed by atoms with van der Waals surface area (Å²) in [5, 5.41) is 17.8. The first kappa shape index (κ1) is 12.8. The molecule has 0 saturated heterocycles. The number of benzene rings is 1. The van der Waals surface area contributed by atoms with Crippen molar-refractivity contribution in [1.29, 1.82) is 0 Å². The van der Waals surface area contributed by atoms with Crippen LogP contribution in [0.2, 0.25) is 0 Å². The van der Waals surface area contributed by atoms with Crippen LogP contribution in [0.15, 0.2) is 36.7 Å². The average Bonchev–Trinajstić information content (AvgIpc) is 2.38. The summed E-state index contributed by atoms with van der Waals surface area (Å²) in [5.74, 6) is 0.567. The molecule has 0 radical (unpaired) electrons. The predicted octanol–water partition coefficient (Wildman–Crippen LogP) is 1.99. The molecule has 2 N–H and O–H groups in total. The van der Waals surface area contributed by atoms with Crippen molar-refractivity contribution < 1.29 is 19.7 Å². The lowest BCUT2D eigenvalue weighted by molar-refractivity contribution is -0.137. The Morgan fingerprint density at radius 2 is 1.95 bits per heavy atom. The first-order valence-corrected chi connectivity index (χ1v) is 5.63. The Bertz CT molecular complexity index is 569. The molecular weight excluding hydrogens is 248 g/mol. The number of aromatic hydroxyl groups is 1. The van der Waals surface area contributed by atoms with Crippen molar-refractivity contribution >= 4 is 5.97 Å². The van der Waals surface area contributed by atoms with Gasteiger partial charge in [-0.15, -0.1) is 0 Å². The van der Waals surface area contributed by atoms with Crippen molar-refractivity contribution in [2.24, 2.45) is 0 Å². The monoisotopic (exact) mass is 260 g/mol. The molecule has 0 amide bonds. The lowest BCUT2D eigenvalue weighted by Gasteiger charge is -2.05. The molecule has 0 aliphatic heterocycles. The van der Waals surface area contributed by atoms with E-state index in [4.69, 9.17) is 9.84 Å². The molecule has 2 rings (SSSR count). The maximum Gasteiger partial charge on any atom is 0.303 e. The smallest absolute Gasteiger partial charge is 0.303 e. The summed E-state index contributed by atoms with van der Waals surface area (Å²) < 4.78 is 5.44. The first-order chi connectivity index (χ1) is 9.13. The van der Waals surface area contributed by atoms with Crippen LogP contribution in [0.5, 0.6) is 17.2 Å². The fourth-order valence-electron chi connectivity index (χ4n) is 1.43. The van der Waals surface area contributed by atoms with Gasteiger partial charge in [0.15, 0.2) is 5.75 Å². The van der Waals surface area contributed by atoms with Gasteiger partial charge in [0, 0.05) is 12.5 Å². The molecule has 1 aromatic heterocycles. The molecule has 1 aromatic carbocycles. The number of carboxylic acid groups (broad SMARTS) is 1. The molecule has 0 fully saturated rings. The van der Waals surface area contributed by atoms with Crippen LogP contribution in [0.3, 0.4) is 0 Å². The van der Waals surface area contributed by atoms with Gasteiger partial charge in [-0.25, -0.2) is 9.97 Å². The van der Waals surface area contributed by atoms with Crippen molar-refractivity contribution in [3.8, 4) is 17.2 Å². The normalized spacial score (nSPS) is 10.1. The van der Waals surface area contributed by atoms with Crippen molar-refractivity contribution in [3.63, 3.8) is 0 Å². The van der Waals surface area contributed by atoms with E-state index in [0.717, 1.165) is 0 Å². The van der Waals surface area contributed by atoms with E-state index in [1.54, 1.807) is 18.2 Å². The van der Waals surface area contributed by atoms with E-state index in [-0.39, 0.29) is 18.6 Å². The van der Waals surface area contributed by atoms with Gasteiger partial charge in [0.2, 0.25) is 0 Å². The maximum atomic E-state index is 10.4. The Kier molecular flexibility index (Phi) is 3.92. The Morgan fingerprint density at radius 3 is 2.58 bits per heavy atom. The molecule has 0 unspecified atom stereocenters. The van der Waals surface area contributed by atoms with Crippen LogP contribution in [0.4, 0.5) is 0 Å². The van der Waals surface area contributed by atoms with Gasteiger partial charge >= 0.3 is 5.97 Å². The first-order valence-electron chi connectivity index (χ1n) is 5.63. The minimum Gasteiger partial charge on any atom is -0.508 e. The number of carboxylic acids is 1. The van der Waals surface area contributed by atoms with Gasteiger partial charge in [0.25, 0.3) is 0 Å². The summed E-state index contributed by atoms with van der Waals surface area (Å²) in [6.45, 7) is 0. The number of aryl methyl sites for hydroxylation is 1. The maximum absolute atomic E-state index is 10.4. The van der Waals surface area contributed by atoms with Gasteiger partial charge < -0.3 is 14.9 Å². The summed E-state index contributed by atoms with van der Waals surface area (Å²) in [6.07, 6.45) is 3.21. The molecule has 0 spiro atoms. The standard InChI is InChI=1S/C13H12N2O4/c16-9-2-1-3-10(6-9)19-11-7-14-12(15-8-11)4-5-13(17)18/h1-3,6-8,16H,4-5H2,(H,17,18). The topological polar surface area (TPSA) is 92.5 Å². The van der Waals surface area contributed by atoms with Gasteiger partial charge in [-0.2, -0.15) is 0 Å². The van der Waals surface area contributed by atoms with Gasteiger partial charge in [-0.05, 0) is 12.1 Å². The molecule has 0 saturated carbocycles. The Balaban J connectivity index is 2.00. The van der Waals surface area contributed by atoms with E-state index in [2.05, 4.69) is 9.97 Å². The second kappa shape index (κ2) is 5.81. The third kappa shape index (κ3) is 3.95. The average molecular weight is 260 g/mol. The van der Waals surface area contributed by atoms with Crippen LogP contribution in [0.25, 0.3) is 0 Å². The van der Waals surface area contributed by atoms with Gasteiger partial charge in [-0.3, -0.25) is 4.79 Å². The number of aromatic nitrogens is 2. The number of phenols is 1. The number of ether oxygens (including phenoxy) is 1. The molecular formula is C13H12N2O4. The van der Waals surface area contributed by atoms with E-state index in [1.165, 1.54) is 18.5 Å². The van der Waals surface area contributed by atoms with Gasteiger partial charge in [-0.1, -0.05) is 6.07 Å². The summed E-state index contributed by atoms with van der Waals surface area (Å²) in [7, 11) is 0. The summed E-state index contributed by atoms with van der Waals surface area (Å²) >= 11 is 0. The molecule has 1 heterocycles. The molecule has 6 heteroatoms. The van der Waals surface area contributed by atoms with E-state index >= 15 is 0 Å². The van der Waals surface area contributed by atoms with Gasteiger partial charge in [0.05, 0.1) is 18.8 Å². The Morgan fingerprint density at radius 1 is 1.21 bits per heavy atom. The van der Waals surface area contributed by atoms with Crippen molar-refractivity contribution in [1.82, 2.24) is 9.97 Å². The van der Waals surface area contributed by atoms with E-state index < -0.39 is 5.97 Å². The fraction of sp³-hybridized carbons (Fsp3) is 0.154. The molecule has 2 aromatic rings. The van der Waals surface area contributed by atoms with E-state index in [1.807, 2.05) is 0 Å². The van der Waals surface area contributed by atoms with Crippen molar-refractivity contribution in [2.75, 3.05) is 0 Å². The van der Waals surface area contributed by atoms with E-state index in [0.29, 0.717) is 17.3 Å². The molecule has 98 valence electrons. The molecule has 0 bridgehead atoms.